The van der Waals surface area contributed by atoms with Crippen molar-refractivity contribution in [3.8, 4) is 0 Å². The fourth-order valence-electron chi connectivity index (χ4n) is 5.23. The third-order valence-electron chi connectivity index (χ3n) is 6.81. The topological polar surface area (TPSA) is 31.2 Å². The zero-order valence-electron chi connectivity index (χ0n) is 18.5. The monoisotopic (exact) mass is 423 g/mol. The molecule has 4 aromatic rings. The number of nitrogens with zero attached hydrogens (tertiary/aromatic N) is 1. The van der Waals surface area contributed by atoms with E-state index in [-0.39, 0.29) is 18.0 Å². The Morgan fingerprint density at radius 2 is 1.53 bits per heavy atom. The van der Waals surface area contributed by atoms with Gasteiger partial charge in [-0.05, 0) is 42.0 Å². The van der Waals surface area contributed by atoms with Gasteiger partial charge in [0.15, 0.2) is 0 Å². The normalized spacial score (nSPS) is 19.5. The highest BCUT2D eigenvalue weighted by Gasteiger charge is 2.34. The van der Waals surface area contributed by atoms with Crippen LogP contribution in [0.2, 0.25) is 0 Å². The van der Waals surface area contributed by atoms with Crippen molar-refractivity contribution in [1.29, 1.82) is 0 Å². The fraction of sp³-hybridized carbons (Fsp3) is 0.276. The minimum atomic E-state index is -0.444. The molecule has 32 heavy (non-hydrogen) atoms. The van der Waals surface area contributed by atoms with Crippen LogP contribution < -0.4 is 0 Å². The molecule has 1 aromatic heterocycles. The van der Waals surface area contributed by atoms with E-state index in [1.165, 1.54) is 12.0 Å². The van der Waals surface area contributed by atoms with Gasteiger partial charge in [-0.25, -0.2) is 0 Å². The first kappa shape index (κ1) is 20.6. The molecule has 1 heterocycles. The quantitative estimate of drug-likeness (QED) is 0.340. The van der Waals surface area contributed by atoms with Crippen LogP contribution in [0.4, 0.5) is 0 Å². The second-order valence-corrected chi connectivity index (χ2v) is 8.83. The predicted molar refractivity (Wildman–Crippen MR) is 129 cm³/mol. The van der Waals surface area contributed by atoms with Crippen molar-refractivity contribution in [2.75, 3.05) is 0 Å². The van der Waals surface area contributed by atoms with E-state index in [0.29, 0.717) is 0 Å². The van der Waals surface area contributed by atoms with Gasteiger partial charge in [0.1, 0.15) is 12.0 Å². The van der Waals surface area contributed by atoms with Gasteiger partial charge in [0, 0.05) is 30.1 Å². The number of hydrogen-bond acceptors (Lipinski definition) is 2. The van der Waals surface area contributed by atoms with Crippen molar-refractivity contribution in [2.24, 2.45) is 7.05 Å². The Hall–Kier alpha value is -3.33. The molecule has 5 rings (SSSR count). The molecular weight excluding hydrogens is 394 g/mol. The predicted octanol–water partition coefficient (Wildman–Crippen LogP) is 6.58. The highest BCUT2D eigenvalue weighted by Crippen LogP contribution is 2.38. The zero-order valence-corrected chi connectivity index (χ0v) is 18.5. The molecular formula is C29H29NO2. The second kappa shape index (κ2) is 9.04. The summed E-state index contributed by atoms with van der Waals surface area (Å²) in [4.78, 5) is 13.8. The highest BCUT2D eigenvalue weighted by molar-refractivity contribution is 5.92. The fourth-order valence-corrected chi connectivity index (χ4v) is 5.23. The Balaban J connectivity index is 1.51. The van der Waals surface area contributed by atoms with Gasteiger partial charge in [-0.2, -0.15) is 0 Å². The molecule has 0 radical (unpaired) electrons. The molecule has 1 fully saturated rings. The van der Waals surface area contributed by atoms with Crippen LogP contribution in [0.3, 0.4) is 0 Å². The lowest BCUT2D eigenvalue weighted by Crippen LogP contribution is -2.31. The van der Waals surface area contributed by atoms with Crippen LogP contribution in [0.5, 0.6) is 0 Å². The van der Waals surface area contributed by atoms with Crippen molar-refractivity contribution in [1.82, 2.24) is 4.57 Å². The number of carbonyl (C=O) groups excluding carboxylic acids is 1. The second-order valence-electron chi connectivity index (χ2n) is 8.83. The van der Waals surface area contributed by atoms with Gasteiger partial charge < -0.3 is 9.30 Å². The van der Waals surface area contributed by atoms with Crippen LogP contribution in [0, 0.1) is 0 Å². The number of benzene rings is 3. The van der Waals surface area contributed by atoms with E-state index in [2.05, 4.69) is 47.2 Å². The van der Waals surface area contributed by atoms with Gasteiger partial charge in [0.25, 0.3) is 0 Å². The molecule has 0 spiro atoms. The third-order valence-corrected chi connectivity index (χ3v) is 6.81. The molecule has 3 nitrogen and oxygen atoms in total. The Bertz CT molecular complexity index is 1200. The Labute approximate surface area is 189 Å². The zero-order chi connectivity index (χ0) is 21.9. The van der Waals surface area contributed by atoms with Gasteiger partial charge >= 0.3 is 5.97 Å². The summed E-state index contributed by atoms with van der Waals surface area (Å²) >= 11 is 0. The largest absolute Gasteiger partial charge is 0.461 e. The van der Waals surface area contributed by atoms with E-state index in [4.69, 9.17) is 4.74 Å². The van der Waals surface area contributed by atoms with Gasteiger partial charge in [-0.1, -0.05) is 85.3 Å². The average molecular weight is 424 g/mol. The standard InChI is InChI=1S/C29H29NO2/c1-30-20-25(24-17-8-10-18-26(24)30)28(22-14-6-3-7-15-22)29(31)32-27-19-11-9-16-23(27)21-12-4-2-5-13-21/h2-8,10,12-15,17-18,20,23,27-28H,9,11,16,19H2,1H3/t23-,27+,28?/m0/s1. The minimum absolute atomic E-state index is 0.0835. The SMILES string of the molecule is Cn1cc(C(C(=O)O[C@@H]2CCCC[C@H]2c2ccccc2)c2ccccc2)c2ccccc21. The summed E-state index contributed by atoms with van der Waals surface area (Å²) in [5.74, 6) is -0.334. The van der Waals surface area contributed by atoms with Crippen LogP contribution >= 0.6 is 0 Å². The summed E-state index contributed by atoms with van der Waals surface area (Å²) < 4.78 is 8.44. The summed E-state index contributed by atoms with van der Waals surface area (Å²) in [5.41, 5.74) is 4.37. The minimum Gasteiger partial charge on any atom is -0.461 e. The number of carbonyl (C=O) groups is 1. The molecule has 1 unspecified atom stereocenters. The maximum atomic E-state index is 13.8. The number of fused-ring (bicyclic) bond motifs is 1. The van der Waals surface area contributed by atoms with Crippen LogP contribution in [-0.4, -0.2) is 16.6 Å². The molecule has 162 valence electrons. The van der Waals surface area contributed by atoms with Crippen molar-refractivity contribution < 1.29 is 9.53 Å². The maximum Gasteiger partial charge on any atom is 0.318 e. The Kier molecular flexibility index (Phi) is 5.81. The van der Waals surface area contributed by atoms with E-state index in [0.717, 1.165) is 41.3 Å². The van der Waals surface area contributed by atoms with Crippen molar-refractivity contribution in [3.05, 3.63) is 108 Å². The molecule has 3 atom stereocenters. The van der Waals surface area contributed by atoms with E-state index >= 15 is 0 Å². The van der Waals surface area contributed by atoms with E-state index in [1.54, 1.807) is 0 Å². The van der Waals surface area contributed by atoms with E-state index in [9.17, 15) is 4.79 Å². The maximum absolute atomic E-state index is 13.8. The molecule has 3 aromatic carbocycles. The summed E-state index contributed by atoms with van der Waals surface area (Å²) in [5, 5.41) is 1.10. The van der Waals surface area contributed by atoms with Crippen LogP contribution in [0.15, 0.2) is 91.1 Å². The van der Waals surface area contributed by atoms with Gasteiger partial charge in [-0.15, -0.1) is 0 Å². The number of hydrogen-bond donors (Lipinski definition) is 0. The lowest BCUT2D eigenvalue weighted by Gasteiger charge is -2.32. The lowest BCUT2D eigenvalue weighted by atomic mass is 9.81. The molecule has 0 saturated heterocycles. The van der Waals surface area contributed by atoms with E-state index in [1.807, 2.05) is 55.6 Å². The van der Waals surface area contributed by atoms with Gasteiger partial charge in [0.05, 0.1) is 0 Å². The molecule has 1 aliphatic carbocycles. The molecule has 3 heteroatoms. The first-order valence-corrected chi connectivity index (χ1v) is 11.6. The number of aromatic nitrogens is 1. The smallest absolute Gasteiger partial charge is 0.318 e. The van der Waals surface area contributed by atoms with Crippen LogP contribution in [0.1, 0.15) is 54.2 Å². The van der Waals surface area contributed by atoms with Gasteiger partial charge in [0.2, 0.25) is 0 Å². The first-order chi connectivity index (χ1) is 15.7. The Morgan fingerprint density at radius 1 is 0.875 bits per heavy atom. The lowest BCUT2D eigenvalue weighted by molar-refractivity contribution is -0.152. The molecule has 0 N–H and O–H groups in total. The van der Waals surface area contributed by atoms with Crippen LogP contribution in [-0.2, 0) is 16.6 Å². The number of ether oxygens (including phenoxy) is 1. The van der Waals surface area contributed by atoms with Gasteiger partial charge in [-0.3, -0.25) is 4.79 Å². The third kappa shape index (κ3) is 3.95. The highest BCUT2D eigenvalue weighted by atomic mass is 16.5. The Morgan fingerprint density at radius 3 is 2.31 bits per heavy atom. The molecule has 1 saturated carbocycles. The van der Waals surface area contributed by atoms with Crippen molar-refractivity contribution >= 4 is 16.9 Å². The van der Waals surface area contributed by atoms with Crippen molar-refractivity contribution in [2.45, 2.75) is 43.6 Å². The average Bonchev–Trinajstić information content (AvgIpc) is 3.17. The van der Waals surface area contributed by atoms with Crippen LogP contribution in [0.25, 0.3) is 10.9 Å². The summed E-state index contributed by atoms with van der Waals surface area (Å²) in [7, 11) is 2.03. The summed E-state index contributed by atoms with van der Waals surface area (Å²) in [6, 6.07) is 28.8. The van der Waals surface area contributed by atoms with Crippen molar-refractivity contribution in [3.63, 3.8) is 0 Å². The molecule has 0 amide bonds. The number of rotatable bonds is 5. The molecule has 0 bridgehead atoms. The summed E-state index contributed by atoms with van der Waals surface area (Å²) in [6.45, 7) is 0. The summed E-state index contributed by atoms with van der Waals surface area (Å²) in [6.07, 6.45) is 6.26. The number of aryl methyl sites for hydroxylation is 1. The first-order valence-electron chi connectivity index (χ1n) is 11.6. The number of para-hydroxylation sites is 1. The number of esters is 1. The molecule has 1 aliphatic rings. The van der Waals surface area contributed by atoms with E-state index < -0.39 is 5.92 Å². The molecule has 0 aliphatic heterocycles.